The molecular formula is C70H78Cl2N6O23. The minimum absolute atomic E-state index is 0.0208. The Bertz CT molecular complexity index is 4100. The van der Waals surface area contributed by atoms with Crippen molar-refractivity contribution >= 4 is 76.2 Å². The van der Waals surface area contributed by atoms with Crippen LogP contribution in [0.3, 0.4) is 0 Å². The van der Waals surface area contributed by atoms with Crippen LogP contribution in [0.15, 0.2) is 78.9 Å². The molecule has 0 radical (unpaired) electrons. The number of rotatable bonds is 13. The minimum Gasteiger partial charge on any atom is -0.508 e. The SMILES string of the molecule is CC(C)C[C@H](C(=O)N[C@H]1C(=O)C[C@@H](CC(N)=O)C(=O)N[C@H]2C(=O)C[C@@H]3C(=O)N[C@H](C(=O)N[C@H](C(=O)CC4CC4)c4cc(O)cc(O)c4-c4cc3ccc4O)[C@H](O)c3ccc(c(Cl)c3)Oc3cc2cc(c3O[C@@H]2O[C@H](CO)[C@@H](O)[C@H](O)[C@H]2O)Oc2ccc(cc2Cl)[C@H]1O)N(C)C(=O)OC(C)(C)C. The number of aliphatic hydroxyl groups excluding tert-OH is 6. The molecule has 14 atom stereocenters. The second kappa shape index (κ2) is 30.2. The number of fused-ring (bicyclic) bond motifs is 15. The third-order valence-electron chi connectivity index (χ3n) is 18.0. The van der Waals surface area contributed by atoms with E-state index in [1.807, 2.05) is 0 Å². The standard InChI is InChI=1S/C70H78Cl2N6O23/c1-28(2)15-41(78(6)69(96)101-70(3,4)5)66(94)76-56-45(84)20-34(23-52(73)86)64(92)74-54-33-21-49(97-47-13-10-31(58(56)87)18-39(47)71)63(100-68-62(91)61(90)60(89)51(27-79)99-68)50(22-33)98-48-14-11-32(19-40(48)72)59(88)57-67(95)75-55(44(83)16-29-7-8-29)38-24-35(80)25-43(82)53(38)37-17-30(9-12-42(37)81)36(26-46(54)85)65(93)77-57/h9-14,17-19,21-22,24-25,28-29,34,36,41,51,54-62,68,79-82,87-91H,7-8,15-16,20,23,26-27H2,1-6H3,(H2,73,86)(H,74,92)(H,75,95)(H,76,94)(H,77,93)/t34-,36-,41+,51+,54+,55-,56-,57-,58+,59+,60+,61-,62+,68-/m0/s1. The Labute approximate surface area is 587 Å². The first-order valence-corrected chi connectivity index (χ1v) is 33.2. The summed E-state index contributed by atoms with van der Waals surface area (Å²) in [5, 5.41) is 113. The van der Waals surface area contributed by atoms with Crippen molar-refractivity contribution in [1.82, 2.24) is 26.2 Å². The lowest BCUT2D eigenvalue weighted by atomic mass is 9.84. The number of hydrogen-bond acceptors (Lipinski definition) is 23. The molecule has 540 valence electrons. The van der Waals surface area contributed by atoms with Crippen molar-refractivity contribution in [2.75, 3.05) is 13.7 Å². The molecule has 29 nitrogen and oxygen atoms in total. The van der Waals surface area contributed by atoms with Gasteiger partial charge in [-0.1, -0.05) is 55.2 Å². The molecule has 1 aliphatic carbocycles. The topological polar surface area (TPSA) is 459 Å². The van der Waals surface area contributed by atoms with E-state index in [2.05, 4.69) is 21.3 Å². The number of nitrogens with zero attached hydrogens (tertiary/aromatic N) is 1. The van der Waals surface area contributed by atoms with Gasteiger partial charge in [-0.15, -0.1) is 0 Å². The first-order chi connectivity index (χ1) is 47.6. The van der Waals surface area contributed by atoms with Crippen LogP contribution in [0.2, 0.25) is 10.0 Å². The highest BCUT2D eigenvalue weighted by Crippen LogP contribution is 2.50. The molecule has 0 unspecified atom stereocenters. The lowest BCUT2D eigenvalue weighted by Crippen LogP contribution is -2.60. The maximum atomic E-state index is 16.1. The zero-order valence-corrected chi connectivity index (χ0v) is 56.9. The van der Waals surface area contributed by atoms with E-state index in [0.29, 0.717) is 12.8 Å². The van der Waals surface area contributed by atoms with Gasteiger partial charge in [0.25, 0.3) is 0 Å². The monoisotopic (exact) mass is 1440 g/mol. The van der Waals surface area contributed by atoms with Gasteiger partial charge in [0.05, 0.1) is 28.5 Å². The van der Waals surface area contributed by atoms with E-state index in [0.717, 1.165) is 47.4 Å². The molecular weight excluding hydrogens is 1360 g/mol. The molecule has 5 aromatic carbocycles. The molecule has 1 saturated carbocycles. The number of carbonyl (C=O) groups is 9. The van der Waals surface area contributed by atoms with Gasteiger partial charge < -0.3 is 96.6 Å². The molecule has 12 rings (SSSR count). The zero-order valence-electron chi connectivity index (χ0n) is 55.4. The molecule has 6 amide bonds. The molecule has 5 aromatic rings. The van der Waals surface area contributed by atoms with Crippen LogP contribution in [-0.4, -0.2) is 172 Å². The van der Waals surface area contributed by atoms with E-state index >= 15 is 24.0 Å². The summed E-state index contributed by atoms with van der Waals surface area (Å²) in [7, 11) is 1.29. The van der Waals surface area contributed by atoms with E-state index in [1.165, 1.54) is 43.4 Å². The number of amides is 6. The van der Waals surface area contributed by atoms with Gasteiger partial charge in [-0.05, 0) is 134 Å². The number of phenolic OH excluding ortho intramolecular Hbond substituents is 3. The average Bonchev–Trinajstić information content (AvgIpc) is 1.57. The van der Waals surface area contributed by atoms with E-state index in [-0.39, 0.29) is 85.2 Å². The van der Waals surface area contributed by atoms with Gasteiger partial charge in [0.1, 0.15) is 101 Å². The molecule has 101 heavy (non-hydrogen) atoms. The molecule has 11 bridgehead atoms. The fraction of sp³-hybridized carbons (Fsp3) is 0.443. The Morgan fingerprint density at radius 2 is 1.33 bits per heavy atom. The molecule has 0 spiro atoms. The van der Waals surface area contributed by atoms with Crippen LogP contribution in [0.25, 0.3) is 11.1 Å². The van der Waals surface area contributed by atoms with Crippen LogP contribution in [0.1, 0.15) is 138 Å². The predicted octanol–water partition coefficient (Wildman–Crippen LogP) is 4.78. The lowest BCUT2D eigenvalue weighted by molar-refractivity contribution is -0.277. The Kier molecular flexibility index (Phi) is 22.3. The number of benzene rings is 5. The van der Waals surface area contributed by atoms with Crippen molar-refractivity contribution in [3.05, 3.63) is 117 Å². The van der Waals surface area contributed by atoms with E-state index in [9.17, 15) is 65.1 Å². The molecule has 6 heterocycles. The number of likely N-dealkylation sites (N-methyl/N-ethyl adjacent to an activating group) is 1. The van der Waals surface area contributed by atoms with Crippen molar-refractivity contribution in [2.45, 2.75) is 164 Å². The number of primary amides is 1. The maximum absolute atomic E-state index is 16.1. The summed E-state index contributed by atoms with van der Waals surface area (Å²) < 4.78 is 30.8. The second-order valence-corrected chi connectivity index (χ2v) is 28.1. The maximum Gasteiger partial charge on any atom is 0.410 e. The van der Waals surface area contributed by atoms with Crippen LogP contribution in [0.4, 0.5) is 4.79 Å². The fourth-order valence-electron chi connectivity index (χ4n) is 12.6. The third kappa shape index (κ3) is 16.6. The quantitative estimate of drug-likeness (QED) is 0.0754. The number of aromatic hydroxyl groups is 3. The average molecular weight is 1440 g/mol. The van der Waals surface area contributed by atoms with Gasteiger partial charge in [0.15, 0.2) is 28.8 Å². The highest BCUT2D eigenvalue weighted by Gasteiger charge is 2.47. The number of ketones is 3. The van der Waals surface area contributed by atoms with Crippen molar-refractivity contribution in [1.29, 1.82) is 0 Å². The minimum atomic E-state index is -2.18. The van der Waals surface area contributed by atoms with Gasteiger partial charge in [-0.3, -0.25) is 43.3 Å². The van der Waals surface area contributed by atoms with E-state index < -0.39 is 204 Å². The normalized spacial score (nSPS) is 25.8. The number of nitrogens with two attached hydrogens (primary N) is 1. The largest absolute Gasteiger partial charge is 0.508 e. The van der Waals surface area contributed by atoms with Crippen molar-refractivity contribution in [3.63, 3.8) is 0 Å². The van der Waals surface area contributed by atoms with Crippen molar-refractivity contribution < 1.29 is 113 Å². The fourth-order valence-corrected chi connectivity index (χ4v) is 13.0. The first kappa shape index (κ1) is 74.5. The van der Waals surface area contributed by atoms with Crippen LogP contribution in [-0.2, 0) is 47.8 Å². The summed E-state index contributed by atoms with van der Waals surface area (Å²) in [4.78, 5) is 134. The Balaban J connectivity index is 1.20. The van der Waals surface area contributed by atoms with Gasteiger partial charge >= 0.3 is 6.09 Å². The number of hydrogen-bond donors (Lipinski definition) is 14. The Hall–Kier alpha value is -9.17. The van der Waals surface area contributed by atoms with E-state index in [1.54, 1.807) is 34.6 Å². The number of Topliss-reactive ketones (excluding diaryl/α,β-unsaturated/α-hetero) is 3. The number of ether oxygens (including phenoxy) is 5. The summed E-state index contributed by atoms with van der Waals surface area (Å²) in [6, 6.07) is 5.17. The van der Waals surface area contributed by atoms with E-state index in [4.69, 9.17) is 52.6 Å². The summed E-state index contributed by atoms with van der Waals surface area (Å²) in [6.45, 7) is 7.37. The van der Waals surface area contributed by atoms with Gasteiger partial charge in [-0.25, -0.2) is 4.79 Å². The number of nitrogens with one attached hydrogen (secondary N) is 4. The number of halogens is 2. The summed E-state index contributed by atoms with van der Waals surface area (Å²) in [5.41, 5.74) is 3.03. The molecule has 6 aliphatic heterocycles. The van der Waals surface area contributed by atoms with Crippen LogP contribution in [0, 0.1) is 17.8 Å². The zero-order chi connectivity index (χ0) is 73.5. The number of carbonyl (C=O) groups excluding carboxylic acids is 9. The van der Waals surface area contributed by atoms with Gasteiger partial charge in [0, 0.05) is 49.9 Å². The molecule has 0 aromatic heterocycles. The lowest BCUT2D eigenvalue weighted by Gasteiger charge is -2.39. The van der Waals surface area contributed by atoms with Crippen molar-refractivity contribution in [3.8, 4) is 57.1 Å². The highest BCUT2D eigenvalue weighted by atomic mass is 35.5. The van der Waals surface area contributed by atoms with Crippen LogP contribution >= 0.6 is 23.2 Å². The highest BCUT2D eigenvalue weighted by molar-refractivity contribution is 6.32. The molecule has 15 N–H and O–H groups in total. The summed E-state index contributed by atoms with van der Waals surface area (Å²) >= 11 is 14.1. The molecule has 31 heteroatoms. The summed E-state index contributed by atoms with van der Waals surface area (Å²) in [6.07, 6.45) is -16.8. The van der Waals surface area contributed by atoms with Gasteiger partial charge in [0.2, 0.25) is 41.6 Å². The third-order valence-corrected chi connectivity index (χ3v) is 18.6. The predicted molar refractivity (Wildman–Crippen MR) is 355 cm³/mol. The number of aliphatic hydroxyl groups is 6. The first-order valence-electron chi connectivity index (χ1n) is 32.5. The molecule has 2 fully saturated rings. The van der Waals surface area contributed by atoms with Crippen LogP contribution < -0.4 is 41.2 Å². The smallest absolute Gasteiger partial charge is 0.410 e. The number of phenols is 3. The Morgan fingerprint density at radius 1 is 0.703 bits per heavy atom. The molecule has 7 aliphatic rings. The van der Waals surface area contributed by atoms with Gasteiger partial charge in [-0.2, -0.15) is 0 Å². The van der Waals surface area contributed by atoms with Crippen molar-refractivity contribution in [2.24, 2.45) is 23.5 Å². The second-order valence-electron chi connectivity index (χ2n) is 27.3. The molecule has 1 saturated heterocycles. The summed E-state index contributed by atoms with van der Waals surface area (Å²) in [5.74, 6) is -17.4. The van der Waals surface area contributed by atoms with Crippen LogP contribution in [0.5, 0.6) is 46.0 Å². The Morgan fingerprint density at radius 3 is 1.91 bits per heavy atom.